The molecule has 0 spiro atoms. The number of carbonyl (C=O) groups is 2. The Morgan fingerprint density at radius 2 is 2.06 bits per heavy atom. The first kappa shape index (κ1) is 14.5. The molecular formula is C13H16ClNO3. The molecule has 4 nitrogen and oxygen atoms in total. The number of carbonyl (C=O) groups excluding carboxylic acids is 1. The van der Waals surface area contributed by atoms with E-state index in [2.05, 4.69) is 5.32 Å². The fraction of sp³-hybridized carbons (Fsp3) is 0.385. The number of hydrogen-bond donors (Lipinski definition) is 2. The molecule has 0 bridgehead atoms. The quantitative estimate of drug-likeness (QED) is 0.863. The summed E-state index contributed by atoms with van der Waals surface area (Å²) in [7, 11) is 0. The SMILES string of the molecule is Cc1ccc(Cl)c(NC(=O)CC(C)CC(=O)O)c1. The lowest BCUT2D eigenvalue weighted by Crippen LogP contribution is -2.17. The number of aliphatic carboxylic acids is 1. The van der Waals surface area contributed by atoms with Crippen molar-refractivity contribution >= 4 is 29.2 Å². The fourth-order valence-corrected chi connectivity index (χ4v) is 1.79. The second kappa shape index (κ2) is 6.40. The smallest absolute Gasteiger partial charge is 0.303 e. The second-order valence-corrected chi connectivity index (χ2v) is 4.85. The van der Waals surface area contributed by atoms with E-state index in [0.29, 0.717) is 10.7 Å². The molecule has 18 heavy (non-hydrogen) atoms. The van der Waals surface area contributed by atoms with Gasteiger partial charge in [-0.25, -0.2) is 0 Å². The lowest BCUT2D eigenvalue weighted by molar-refractivity contribution is -0.138. The predicted octanol–water partition coefficient (Wildman–Crippen LogP) is 3.09. The van der Waals surface area contributed by atoms with Gasteiger partial charge in [-0.1, -0.05) is 24.6 Å². The topological polar surface area (TPSA) is 66.4 Å². The molecule has 0 aromatic heterocycles. The number of nitrogens with one attached hydrogen (secondary N) is 1. The summed E-state index contributed by atoms with van der Waals surface area (Å²) in [5.74, 6) is -1.33. The van der Waals surface area contributed by atoms with Crippen LogP contribution in [0.15, 0.2) is 18.2 Å². The van der Waals surface area contributed by atoms with Gasteiger partial charge in [0.15, 0.2) is 0 Å². The molecule has 1 unspecified atom stereocenters. The van der Waals surface area contributed by atoms with E-state index in [4.69, 9.17) is 16.7 Å². The molecular weight excluding hydrogens is 254 g/mol. The van der Waals surface area contributed by atoms with E-state index in [9.17, 15) is 9.59 Å². The van der Waals surface area contributed by atoms with Gasteiger partial charge in [-0.05, 0) is 30.5 Å². The van der Waals surface area contributed by atoms with E-state index >= 15 is 0 Å². The minimum Gasteiger partial charge on any atom is -0.481 e. The fourth-order valence-electron chi connectivity index (χ4n) is 1.62. The van der Waals surface area contributed by atoms with Gasteiger partial charge < -0.3 is 10.4 Å². The summed E-state index contributed by atoms with van der Waals surface area (Å²) in [5.41, 5.74) is 1.55. The van der Waals surface area contributed by atoms with Crippen LogP contribution in [0.5, 0.6) is 0 Å². The molecule has 1 aromatic rings. The van der Waals surface area contributed by atoms with Gasteiger partial charge in [0.1, 0.15) is 0 Å². The lowest BCUT2D eigenvalue weighted by Gasteiger charge is -2.11. The maximum absolute atomic E-state index is 11.7. The van der Waals surface area contributed by atoms with Gasteiger partial charge in [-0.3, -0.25) is 9.59 Å². The standard InChI is InChI=1S/C13H16ClNO3/c1-8-3-4-10(14)11(5-8)15-12(16)6-9(2)7-13(17)18/h3-5,9H,6-7H2,1-2H3,(H,15,16)(H,17,18). The van der Waals surface area contributed by atoms with E-state index in [0.717, 1.165) is 5.56 Å². The Labute approximate surface area is 111 Å². The van der Waals surface area contributed by atoms with Crippen LogP contribution in [0.4, 0.5) is 5.69 Å². The average molecular weight is 270 g/mol. The number of carboxylic acid groups (broad SMARTS) is 1. The summed E-state index contributed by atoms with van der Waals surface area (Å²) < 4.78 is 0. The highest BCUT2D eigenvalue weighted by Gasteiger charge is 2.13. The molecule has 1 amide bonds. The lowest BCUT2D eigenvalue weighted by atomic mass is 10.0. The molecule has 0 heterocycles. The Morgan fingerprint density at radius 1 is 1.39 bits per heavy atom. The van der Waals surface area contributed by atoms with Crippen molar-refractivity contribution in [3.05, 3.63) is 28.8 Å². The van der Waals surface area contributed by atoms with Crippen LogP contribution in [-0.4, -0.2) is 17.0 Å². The highest BCUT2D eigenvalue weighted by molar-refractivity contribution is 6.33. The van der Waals surface area contributed by atoms with Crippen molar-refractivity contribution in [3.63, 3.8) is 0 Å². The number of carboxylic acids is 1. The molecule has 0 aliphatic heterocycles. The zero-order chi connectivity index (χ0) is 13.7. The molecule has 1 atom stereocenters. The monoisotopic (exact) mass is 269 g/mol. The molecule has 0 aliphatic carbocycles. The Bertz CT molecular complexity index is 460. The molecule has 98 valence electrons. The normalized spacial score (nSPS) is 11.9. The van der Waals surface area contributed by atoms with Gasteiger partial charge in [0.25, 0.3) is 0 Å². The third kappa shape index (κ3) is 4.75. The van der Waals surface area contributed by atoms with E-state index in [1.54, 1.807) is 19.1 Å². The number of anilines is 1. The van der Waals surface area contributed by atoms with Crippen LogP contribution in [0.1, 0.15) is 25.3 Å². The highest BCUT2D eigenvalue weighted by Crippen LogP contribution is 2.23. The Balaban J connectivity index is 2.59. The van der Waals surface area contributed by atoms with Crippen LogP contribution < -0.4 is 5.32 Å². The largest absolute Gasteiger partial charge is 0.481 e. The van der Waals surface area contributed by atoms with Crippen molar-refractivity contribution in [1.82, 2.24) is 0 Å². The molecule has 1 rings (SSSR count). The molecule has 2 N–H and O–H groups in total. The van der Waals surface area contributed by atoms with Crippen LogP contribution in [-0.2, 0) is 9.59 Å². The van der Waals surface area contributed by atoms with Gasteiger partial charge in [0.2, 0.25) is 5.91 Å². The maximum Gasteiger partial charge on any atom is 0.303 e. The molecule has 0 fully saturated rings. The number of aryl methyl sites for hydroxylation is 1. The predicted molar refractivity (Wildman–Crippen MR) is 70.9 cm³/mol. The maximum atomic E-state index is 11.7. The van der Waals surface area contributed by atoms with Crippen LogP contribution in [0.3, 0.4) is 0 Å². The molecule has 0 aliphatic rings. The van der Waals surface area contributed by atoms with Crippen molar-refractivity contribution in [1.29, 1.82) is 0 Å². The summed E-state index contributed by atoms with van der Waals surface area (Å²) in [6.45, 7) is 3.63. The van der Waals surface area contributed by atoms with Gasteiger partial charge in [-0.15, -0.1) is 0 Å². The second-order valence-electron chi connectivity index (χ2n) is 4.44. The van der Waals surface area contributed by atoms with Crippen LogP contribution in [0, 0.1) is 12.8 Å². The molecule has 0 saturated heterocycles. The summed E-state index contributed by atoms with van der Waals surface area (Å²) in [6.07, 6.45) is 0.144. The Hall–Kier alpha value is -1.55. The third-order valence-corrected chi connectivity index (χ3v) is 2.78. The number of benzene rings is 1. The van der Waals surface area contributed by atoms with Crippen molar-refractivity contribution in [3.8, 4) is 0 Å². The zero-order valence-corrected chi connectivity index (χ0v) is 11.1. The van der Waals surface area contributed by atoms with Gasteiger partial charge in [0.05, 0.1) is 10.7 Å². The van der Waals surface area contributed by atoms with Crippen LogP contribution >= 0.6 is 11.6 Å². The van der Waals surface area contributed by atoms with Crippen molar-refractivity contribution < 1.29 is 14.7 Å². The van der Waals surface area contributed by atoms with Gasteiger partial charge in [-0.2, -0.15) is 0 Å². The van der Waals surface area contributed by atoms with Gasteiger partial charge in [0, 0.05) is 12.8 Å². The zero-order valence-electron chi connectivity index (χ0n) is 10.4. The summed E-state index contributed by atoms with van der Waals surface area (Å²) in [6, 6.07) is 5.35. The molecule has 0 saturated carbocycles. The van der Waals surface area contributed by atoms with Crippen molar-refractivity contribution in [2.24, 2.45) is 5.92 Å². The first-order valence-electron chi connectivity index (χ1n) is 5.66. The van der Waals surface area contributed by atoms with Crippen molar-refractivity contribution in [2.75, 3.05) is 5.32 Å². The first-order chi connectivity index (χ1) is 8.38. The minimum atomic E-state index is -0.899. The average Bonchev–Trinajstić information content (AvgIpc) is 2.21. The summed E-state index contributed by atoms with van der Waals surface area (Å²) >= 11 is 5.95. The number of hydrogen-bond acceptors (Lipinski definition) is 2. The van der Waals surface area contributed by atoms with E-state index in [1.165, 1.54) is 0 Å². The van der Waals surface area contributed by atoms with E-state index < -0.39 is 5.97 Å². The summed E-state index contributed by atoms with van der Waals surface area (Å²) in [5, 5.41) is 11.8. The molecule has 5 heteroatoms. The minimum absolute atomic E-state index is 0.0189. The van der Waals surface area contributed by atoms with E-state index in [-0.39, 0.29) is 24.7 Å². The molecule has 0 radical (unpaired) electrons. The number of rotatable bonds is 5. The summed E-state index contributed by atoms with van der Waals surface area (Å²) in [4.78, 5) is 22.2. The number of amides is 1. The Kier molecular flexibility index (Phi) is 5.16. The number of halogens is 1. The van der Waals surface area contributed by atoms with Gasteiger partial charge >= 0.3 is 5.97 Å². The Morgan fingerprint density at radius 3 is 2.67 bits per heavy atom. The van der Waals surface area contributed by atoms with Crippen molar-refractivity contribution in [2.45, 2.75) is 26.7 Å². The van der Waals surface area contributed by atoms with Crippen LogP contribution in [0.25, 0.3) is 0 Å². The highest BCUT2D eigenvalue weighted by atomic mass is 35.5. The van der Waals surface area contributed by atoms with Crippen LogP contribution in [0.2, 0.25) is 5.02 Å². The molecule has 1 aromatic carbocycles. The third-order valence-electron chi connectivity index (χ3n) is 2.45. The van der Waals surface area contributed by atoms with E-state index in [1.807, 2.05) is 13.0 Å². The first-order valence-corrected chi connectivity index (χ1v) is 6.04.